The summed E-state index contributed by atoms with van der Waals surface area (Å²) in [6, 6.07) is 0. The van der Waals surface area contributed by atoms with Crippen LogP contribution in [0.1, 0.15) is 6.92 Å². The van der Waals surface area contributed by atoms with Crippen molar-refractivity contribution in [1.29, 1.82) is 0 Å². The molecule has 0 saturated carbocycles. The van der Waals surface area contributed by atoms with Gasteiger partial charge in [0.05, 0.1) is 11.7 Å². The zero-order chi connectivity index (χ0) is 8.43. The van der Waals surface area contributed by atoms with Crippen LogP contribution in [-0.4, -0.2) is 22.8 Å². The van der Waals surface area contributed by atoms with Crippen LogP contribution in [-0.2, 0) is 9.59 Å². The minimum Gasteiger partial charge on any atom is -0.385 e. The molecular formula is C8H8O3. The van der Waals surface area contributed by atoms with Gasteiger partial charge < -0.3 is 5.11 Å². The summed E-state index contributed by atoms with van der Waals surface area (Å²) in [4.78, 5) is 21.6. The van der Waals surface area contributed by atoms with Gasteiger partial charge in [0.2, 0.25) is 0 Å². The second-order valence-corrected chi connectivity index (χ2v) is 2.35. The molecular weight excluding hydrogens is 144 g/mol. The number of allylic oxidation sites excluding steroid dienone is 2. The molecule has 0 aromatic carbocycles. The number of aliphatic hydroxyl groups excluding tert-OH is 1. The highest BCUT2D eigenvalue weighted by molar-refractivity contribution is 6.24. The molecule has 0 amide bonds. The molecule has 3 nitrogen and oxygen atoms in total. The van der Waals surface area contributed by atoms with Crippen LogP contribution in [0.3, 0.4) is 0 Å². The third-order valence-electron chi connectivity index (χ3n) is 1.43. The zero-order valence-electron chi connectivity index (χ0n) is 6.07. The fourth-order valence-electron chi connectivity index (χ4n) is 0.875. The first-order valence-electron chi connectivity index (χ1n) is 3.24. The predicted molar refractivity (Wildman–Crippen MR) is 38.9 cm³/mol. The first kappa shape index (κ1) is 7.88. The third kappa shape index (κ3) is 1.62. The molecule has 3 heteroatoms. The summed E-state index contributed by atoms with van der Waals surface area (Å²) in [6.07, 6.45) is 3.01. The maximum Gasteiger partial charge on any atom is 0.188 e. The van der Waals surface area contributed by atoms with Crippen LogP contribution in [0.25, 0.3) is 0 Å². The number of carbonyl (C=O) groups excluding carboxylic acids is 2. The first-order chi connectivity index (χ1) is 5.11. The van der Waals surface area contributed by atoms with E-state index in [9.17, 15) is 9.59 Å². The monoisotopic (exact) mass is 152 g/mol. The van der Waals surface area contributed by atoms with Crippen molar-refractivity contribution >= 4 is 11.6 Å². The lowest BCUT2D eigenvalue weighted by Gasteiger charge is -2.06. The van der Waals surface area contributed by atoms with Crippen molar-refractivity contribution in [2.45, 2.75) is 13.0 Å². The minimum absolute atomic E-state index is 0.0694. The molecule has 1 aliphatic carbocycles. The molecule has 0 aliphatic heterocycles. The molecule has 1 unspecified atom stereocenters. The highest BCUT2D eigenvalue weighted by atomic mass is 16.3. The van der Waals surface area contributed by atoms with Crippen molar-refractivity contribution in [3.8, 4) is 0 Å². The van der Waals surface area contributed by atoms with Gasteiger partial charge in [-0.05, 0) is 25.2 Å². The number of ketones is 2. The number of hydrogen-bond acceptors (Lipinski definition) is 3. The van der Waals surface area contributed by atoms with Gasteiger partial charge in [0, 0.05) is 0 Å². The van der Waals surface area contributed by atoms with Crippen LogP contribution in [0.4, 0.5) is 0 Å². The van der Waals surface area contributed by atoms with E-state index < -0.39 is 6.10 Å². The van der Waals surface area contributed by atoms with E-state index in [0.717, 1.165) is 0 Å². The van der Waals surface area contributed by atoms with Gasteiger partial charge in [-0.15, -0.1) is 0 Å². The molecule has 0 aromatic rings. The first-order valence-corrected chi connectivity index (χ1v) is 3.24. The molecule has 1 rings (SSSR count). The maximum atomic E-state index is 10.9. The van der Waals surface area contributed by atoms with Crippen LogP contribution in [0.5, 0.6) is 0 Å². The smallest absolute Gasteiger partial charge is 0.188 e. The molecule has 58 valence electrons. The summed E-state index contributed by atoms with van der Waals surface area (Å²) in [7, 11) is 0. The Bertz CT molecular complexity index is 261. The Balaban J connectivity index is 2.94. The number of carbonyl (C=O) groups is 2. The van der Waals surface area contributed by atoms with E-state index in [4.69, 9.17) is 5.11 Å². The van der Waals surface area contributed by atoms with Crippen molar-refractivity contribution in [1.82, 2.24) is 0 Å². The lowest BCUT2D eigenvalue weighted by molar-refractivity contribution is -0.118. The topological polar surface area (TPSA) is 54.4 Å². The number of Topliss-reactive ketones (excluding diaryl/α,β-unsaturated/α-hetero) is 1. The molecule has 1 aliphatic rings. The van der Waals surface area contributed by atoms with Gasteiger partial charge >= 0.3 is 0 Å². The maximum absolute atomic E-state index is 10.9. The van der Waals surface area contributed by atoms with Gasteiger partial charge in [-0.3, -0.25) is 9.59 Å². The summed E-state index contributed by atoms with van der Waals surface area (Å²) < 4.78 is 0. The summed E-state index contributed by atoms with van der Waals surface area (Å²) >= 11 is 0. The van der Waals surface area contributed by atoms with E-state index in [-0.39, 0.29) is 17.1 Å². The minimum atomic E-state index is -0.799. The second-order valence-electron chi connectivity index (χ2n) is 2.35. The molecule has 0 spiro atoms. The molecule has 0 aromatic heterocycles. The Morgan fingerprint density at radius 1 is 1.64 bits per heavy atom. The number of hydrogen-bond donors (Lipinski definition) is 1. The Morgan fingerprint density at radius 3 is 2.73 bits per heavy atom. The number of aliphatic hydroxyl groups is 1. The van der Waals surface area contributed by atoms with E-state index in [1.807, 2.05) is 0 Å². The average Bonchev–Trinajstić information content (AvgIpc) is 1.94. The third-order valence-corrected chi connectivity index (χ3v) is 1.43. The molecule has 1 N–H and O–H groups in total. The van der Waals surface area contributed by atoms with Crippen molar-refractivity contribution in [3.63, 3.8) is 0 Å². The zero-order valence-corrected chi connectivity index (χ0v) is 6.07. The van der Waals surface area contributed by atoms with Crippen LogP contribution in [0.15, 0.2) is 23.8 Å². The molecule has 1 atom stereocenters. The van der Waals surface area contributed by atoms with Crippen LogP contribution >= 0.6 is 0 Å². The van der Waals surface area contributed by atoms with Crippen LogP contribution in [0, 0.1) is 0 Å². The fourth-order valence-corrected chi connectivity index (χ4v) is 0.875. The van der Waals surface area contributed by atoms with Gasteiger partial charge in [-0.2, -0.15) is 0 Å². The Kier molecular flexibility index (Phi) is 2.01. The van der Waals surface area contributed by atoms with Crippen molar-refractivity contribution in [2.24, 2.45) is 0 Å². The van der Waals surface area contributed by atoms with Crippen molar-refractivity contribution < 1.29 is 14.7 Å². The second kappa shape index (κ2) is 2.80. The van der Waals surface area contributed by atoms with E-state index in [1.54, 1.807) is 0 Å². The fraction of sp³-hybridized carbons (Fsp3) is 0.250. The predicted octanol–water partition coefficient (Wildman–Crippen LogP) is 0.00160. The van der Waals surface area contributed by atoms with E-state index in [1.165, 1.54) is 25.2 Å². The van der Waals surface area contributed by atoms with E-state index in [0.29, 0.717) is 0 Å². The lowest BCUT2D eigenvalue weighted by Crippen LogP contribution is -2.15. The summed E-state index contributed by atoms with van der Waals surface area (Å²) in [6.45, 7) is 1.30. The average molecular weight is 152 g/mol. The van der Waals surface area contributed by atoms with E-state index >= 15 is 0 Å². The van der Waals surface area contributed by atoms with Crippen molar-refractivity contribution in [2.75, 3.05) is 0 Å². The number of rotatable bonds is 1. The molecule has 0 heterocycles. The lowest BCUT2D eigenvalue weighted by atomic mass is 10.0. The van der Waals surface area contributed by atoms with Gasteiger partial charge in [0.25, 0.3) is 0 Å². The summed E-state index contributed by atoms with van der Waals surface area (Å²) in [5, 5.41) is 8.98. The molecule has 0 radical (unpaired) electrons. The van der Waals surface area contributed by atoms with Gasteiger partial charge in [0.15, 0.2) is 11.6 Å². The Morgan fingerprint density at radius 2 is 2.27 bits per heavy atom. The van der Waals surface area contributed by atoms with Gasteiger partial charge in [-0.25, -0.2) is 0 Å². The molecule has 0 saturated heterocycles. The van der Waals surface area contributed by atoms with Crippen molar-refractivity contribution in [3.05, 3.63) is 23.8 Å². The molecule has 0 bridgehead atoms. The SMILES string of the molecule is CC(=O)C1=CC(O)C=CC1=O. The normalized spacial score (nSPS) is 23.3. The molecule has 0 fully saturated rings. The highest BCUT2D eigenvalue weighted by Gasteiger charge is 2.16. The largest absolute Gasteiger partial charge is 0.385 e. The van der Waals surface area contributed by atoms with Crippen LogP contribution < -0.4 is 0 Å². The van der Waals surface area contributed by atoms with Gasteiger partial charge in [-0.1, -0.05) is 0 Å². The Hall–Kier alpha value is -1.22. The standard InChI is InChI=1S/C8H8O3/c1-5(9)7-4-6(10)2-3-8(7)11/h2-4,6,10H,1H3. The summed E-state index contributed by atoms with van der Waals surface area (Å²) in [5.74, 6) is -0.638. The van der Waals surface area contributed by atoms with Gasteiger partial charge in [0.1, 0.15) is 0 Å². The summed E-state index contributed by atoms with van der Waals surface area (Å²) in [5.41, 5.74) is 0.0694. The highest BCUT2D eigenvalue weighted by Crippen LogP contribution is 2.08. The Labute approximate surface area is 64.0 Å². The van der Waals surface area contributed by atoms with E-state index in [2.05, 4.69) is 0 Å². The quantitative estimate of drug-likeness (QED) is 0.538. The molecule has 11 heavy (non-hydrogen) atoms. The van der Waals surface area contributed by atoms with Crippen LogP contribution in [0.2, 0.25) is 0 Å².